The van der Waals surface area contributed by atoms with Crippen molar-refractivity contribution in [1.82, 2.24) is 20.9 Å². The molecule has 7 N–H and O–H groups in total. The van der Waals surface area contributed by atoms with E-state index in [0.717, 1.165) is 5.56 Å². The molecule has 1 heterocycles. The lowest BCUT2D eigenvalue weighted by Gasteiger charge is -2.20. The van der Waals surface area contributed by atoms with Crippen LogP contribution in [-0.4, -0.2) is 52.6 Å². The topological polar surface area (TPSA) is 186 Å². The number of hydrogen-bond acceptors (Lipinski definition) is 6. The number of amides is 5. The molecule has 0 unspecified atom stereocenters. The fourth-order valence-corrected chi connectivity index (χ4v) is 2.17. The van der Waals surface area contributed by atoms with E-state index in [2.05, 4.69) is 20.9 Å². The smallest absolute Gasteiger partial charge is 0.242 e. The van der Waals surface area contributed by atoms with Crippen molar-refractivity contribution < 1.29 is 24.0 Å². The second-order valence-electron chi connectivity index (χ2n) is 6.19. The molecular weight excluding hydrogens is 368 g/mol. The Morgan fingerprint density at radius 3 is 2.00 bits per heavy atom. The highest BCUT2D eigenvalue weighted by Gasteiger charge is 2.25. The largest absolute Gasteiger partial charge is 0.370 e. The van der Waals surface area contributed by atoms with Crippen LogP contribution < -0.4 is 27.4 Å². The molecule has 0 aliphatic carbocycles. The van der Waals surface area contributed by atoms with Gasteiger partial charge in [-0.2, -0.15) is 0 Å². The zero-order valence-electron chi connectivity index (χ0n) is 15.6. The van der Waals surface area contributed by atoms with Gasteiger partial charge in [-0.3, -0.25) is 29.0 Å². The summed E-state index contributed by atoms with van der Waals surface area (Å²) in [5, 5.41) is 7.16. The first kappa shape index (κ1) is 22.5. The van der Waals surface area contributed by atoms with Gasteiger partial charge in [0.05, 0.1) is 12.8 Å². The highest BCUT2D eigenvalue weighted by Crippen LogP contribution is 1.98. The van der Waals surface area contributed by atoms with Crippen molar-refractivity contribution in [2.75, 3.05) is 0 Å². The fraction of sp³-hybridized carbons (Fsp3) is 0.412. The number of nitrogens with two attached hydrogens (primary N) is 2. The lowest BCUT2D eigenvalue weighted by atomic mass is 10.1. The molecule has 0 aliphatic rings. The van der Waals surface area contributed by atoms with E-state index in [1.54, 1.807) is 24.5 Å². The number of pyridine rings is 1. The van der Waals surface area contributed by atoms with Gasteiger partial charge in [0.25, 0.3) is 0 Å². The summed E-state index contributed by atoms with van der Waals surface area (Å²) in [5.74, 6) is -3.44. The van der Waals surface area contributed by atoms with Crippen LogP contribution in [0.5, 0.6) is 0 Å². The molecule has 0 aromatic carbocycles. The van der Waals surface area contributed by atoms with Gasteiger partial charge in [0.1, 0.15) is 18.1 Å². The van der Waals surface area contributed by atoms with Gasteiger partial charge >= 0.3 is 0 Å². The van der Waals surface area contributed by atoms with Crippen LogP contribution in [0.15, 0.2) is 24.5 Å². The number of hydrogen-bond donors (Lipinski definition) is 5. The first-order valence-electron chi connectivity index (χ1n) is 8.46. The summed E-state index contributed by atoms with van der Waals surface area (Å²) >= 11 is 0. The number of carbonyl (C=O) groups is 5. The molecule has 0 bridgehead atoms. The minimum Gasteiger partial charge on any atom is -0.370 e. The molecule has 3 atom stereocenters. The second-order valence-corrected chi connectivity index (χ2v) is 6.19. The van der Waals surface area contributed by atoms with E-state index in [4.69, 9.17) is 11.5 Å². The van der Waals surface area contributed by atoms with Crippen LogP contribution in [0.25, 0.3) is 0 Å². The average Bonchev–Trinajstić information content (AvgIpc) is 2.61. The zero-order valence-corrected chi connectivity index (χ0v) is 15.6. The molecule has 152 valence electrons. The van der Waals surface area contributed by atoms with Crippen LogP contribution >= 0.6 is 0 Å². The minimum absolute atomic E-state index is 0.0730. The van der Waals surface area contributed by atoms with Gasteiger partial charge in [-0.25, -0.2) is 0 Å². The number of nitrogens with one attached hydrogen (secondary N) is 3. The first-order chi connectivity index (χ1) is 13.1. The maximum Gasteiger partial charge on any atom is 0.242 e. The maximum atomic E-state index is 12.2. The predicted octanol–water partition coefficient (Wildman–Crippen LogP) is -2.52. The van der Waals surface area contributed by atoms with Crippen molar-refractivity contribution in [3.8, 4) is 0 Å². The molecule has 0 spiro atoms. The monoisotopic (exact) mass is 392 g/mol. The number of nitrogens with zero attached hydrogens (tertiary/aromatic N) is 1. The lowest BCUT2D eigenvalue weighted by molar-refractivity contribution is -0.133. The van der Waals surface area contributed by atoms with Crippen LogP contribution in [-0.2, 0) is 30.4 Å². The van der Waals surface area contributed by atoms with Crippen molar-refractivity contribution in [3.63, 3.8) is 0 Å². The summed E-state index contributed by atoms with van der Waals surface area (Å²) in [7, 11) is 0. The van der Waals surface area contributed by atoms with E-state index >= 15 is 0 Å². The number of carbonyl (C=O) groups excluding carboxylic acids is 5. The SMILES string of the molecule is C[C@@H](NC(=O)Cc1ccncc1)C(=O)N[C@H](C)C(=O)N[C@@H](CC(N)=O)C(N)=O. The van der Waals surface area contributed by atoms with Gasteiger partial charge in [0.2, 0.25) is 29.5 Å². The third-order valence-electron chi connectivity index (χ3n) is 3.70. The third kappa shape index (κ3) is 7.81. The van der Waals surface area contributed by atoms with Crippen LogP contribution in [0.2, 0.25) is 0 Å². The molecule has 11 nitrogen and oxygen atoms in total. The molecule has 11 heteroatoms. The molecule has 1 aromatic heterocycles. The molecule has 1 aromatic rings. The summed E-state index contributed by atoms with van der Waals surface area (Å²) < 4.78 is 0. The minimum atomic E-state index is -1.28. The Kier molecular flexibility index (Phi) is 8.53. The molecular formula is C17H24N6O5. The van der Waals surface area contributed by atoms with E-state index < -0.39 is 48.2 Å². The van der Waals surface area contributed by atoms with Crippen LogP contribution in [0.4, 0.5) is 0 Å². The molecule has 1 rings (SSSR count). The number of aromatic nitrogens is 1. The number of primary amides is 2. The van der Waals surface area contributed by atoms with Crippen molar-refractivity contribution >= 4 is 29.5 Å². The zero-order chi connectivity index (χ0) is 21.3. The van der Waals surface area contributed by atoms with Crippen LogP contribution in [0, 0.1) is 0 Å². The normalized spacial score (nSPS) is 13.5. The van der Waals surface area contributed by atoms with E-state index in [1.165, 1.54) is 13.8 Å². The predicted molar refractivity (Wildman–Crippen MR) is 98.1 cm³/mol. The first-order valence-corrected chi connectivity index (χ1v) is 8.46. The Labute approximate surface area is 161 Å². The van der Waals surface area contributed by atoms with E-state index in [-0.39, 0.29) is 12.3 Å². The van der Waals surface area contributed by atoms with Crippen molar-refractivity contribution in [2.24, 2.45) is 11.5 Å². The quantitative estimate of drug-likeness (QED) is 0.292. The van der Waals surface area contributed by atoms with Crippen molar-refractivity contribution in [1.29, 1.82) is 0 Å². The highest BCUT2D eigenvalue weighted by atomic mass is 16.2. The fourth-order valence-electron chi connectivity index (χ4n) is 2.17. The Morgan fingerprint density at radius 2 is 1.46 bits per heavy atom. The standard InChI is InChI=1S/C17H24N6O5/c1-9(21-14(25)7-11-3-5-20-6-4-11)16(27)22-10(2)17(28)23-12(15(19)26)8-13(18)24/h3-6,9-10,12H,7-8H2,1-2H3,(H2,18,24)(H2,19,26)(H,21,25)(H,22,27)(H,23,28)/t9-,10-,12+/m1/s1. The Balaban J connectivity index is 2.52. The molecule has 5 amide bonds. The van der Waals surface area contributed by atoms with Gasteiger partial charge in [0, 0.05) is 12.4 Å². The average molecular weight is 392 g/mol. The molecule has 0 aliphatic heterocycles. The lowest BCUT2D eigenvalue weighted by Crippen LogP contribution is -2.55. The third-order valence-corrected chi connectivity index (χ3v) is 3.70. The molecule has 0 saturated heterocycles. The Morgan fingerprint density at radius 1 is 0.929 bits per heavy atom. The molecule has 0 saturated carbocycles. The van der Waals surface area contributed by atoms with E-state index in [1.807, 2.05) is 0 Å². The van der Waals surface area contributed by atoms with Gasteiger partial charge in [-0.05, 0) is 31.5 Å². The molecule has 0 radical (unpaired) electrons. The molecule has 0 fully saturated rings. The van der Waals surface area contributed by atoms with Crippen LogP contribution in [0.3, 0.4) is 0 Å². The van der Waals surface area contributed by atoms with Crippen molar-refractivity contribution in [2.45, 2.75) is 44.8 Å². The Bertz CT molecular complexity index is 739. The highest BCUT2D eigenvalue weighted by molar-refractivity contribution is 5.95. The maximum absolute atomic E-state index is 12.2. The van der Waals surface area contributed by atoms with Gasteiger partial charge in [-0.1, -0.05) is 0 Å². The summed E-state index contributed by atoms with van der Waals surface area (Å²) in [5.41, 5.74) is 10.8. The van der Waals surface area contributed by atoms with Crippen LogP contribution in [0.1, 0.15) is 25.8 Å². The summed E-state index contributed by atoms with van der Waals surface area (Å²) in [6.07, 6.45) is 2.72. The van der Waals surface area contributed by atoms with E-state index in [9.17, 15) is 24.0 Å². The van der Waals surface area contributed by atoms with Gasteiger partial charge in [-0.15, -0.1) is 0 Å². The summed E-state index contributed by atoms with van der Waals surface area (Å²) in [4.78, 5) is 62.2. The second kappa shape index (κ2) is 10.6. The number of rotatable bonds is 10. The van der Waals surface area contributed by atoms with Gasteiger partial charge < -0.3 is 27.4 Å². The van der Waals surface area contributed by atoms with E-state index in [0.29, 0.717) is 0 Å². The van der Waals surface area contributed by atoms with Gasteiger partial charge in [0.15, 0.2) is 0 Å². The Hall–Kier alpha value is -3.50. The summed E-state index contributed by atoms with van der Waals surface area (Å²) in [6, 6.07) is 0.140. The van der Waals surface area contributed by atoms with Crippen molar-refractivity contribution in [3.05, 3.63) is 30.1 Å². The summed E-state index contributed by atoms with van der Waals surface area (Å²) in [6.45, 7) is 2.84. The molecule has 28 heavy (non-hydrogen) atoms.